The summed E-state index contributed by atoms with van der Waals surface area (Å²) in [6, 6.07) is -0.366. The van der Waals surface area contributed by atoms with Crippen LogP contribution in [0.5, 0.6) is 0 Å². The van der Waals surface area contributed by atoms with Crippen LogP contribution in [0, 0.1) is 5.92 Å². The van der Waals surface area contributed by atoms with Crippen LogP contribution in [0.15, 0.2) is 0 Å². The highest BCUT2D eigenvalue weighted by atomic mass is 16.5. The summed E-state index contributed by atoms with van der Waals surface area (Å²) in [5, 5.41) is 2.89. The van der Waals surface area contributed by atoms with Crippen molar-refractivity contribution in [2.45, 2.75) is 43.7 Å². The Morgan fingerprint density at radius 3 is 2.72 bits per heavy atom. The van der Waals surface area contributed by atoms with Gasteiger partial charge in [-0.2, -0.15) is 0 Å². The Kier molecular flexibility index (Phi) is 5.10. The van der Waals surface area contributed by atoms with Crippen LogP contribution in [-0.4, -0.2) is 37.6 Å². The van der Waals surface area contributed by atoms with Crippen molar-refractivity contribution in [2.75, 3.05) is 14.2 Å². The molecule has 0 bridgehead atoms. The zero-order chi connectivity index (χ0) is 13.8. The molecule has 18 heavy (non-hydrogen) atoms. The molecule has 5 N–H and O–H groups in total. The topological polar surface area (TPSA) is 107 Å². The predicted octanol–water partition coefficient (Wildman–Crippen LogP) is -0.489. The normalized spacial score (nSPS) is 29.6. The first-order valence-electron chi connectivity index (χ1n) is 6.27. The minimum absolute atomic E-state index is 0.216. The Labute approximate surface area is 107 Å². The molecule has 1 rings (SSSR count). The number of primary amides is 1. The molecule has 0 heterocycles. The molecule has 3 unspecified atom stereocenters. The van der Waals surface area contributed by atoms with Crippen molar-refractivity contribution < 1.29 is 14.3 Å². The third kappa shape index (κ3) is 3.43. The van der Waals surface area contributed by atoms with E-state index in [-0.39, 0.29) is 23.8 Å². The van der Waals surface area contributed by atoms with E-state index in [1.54, 1.807) is 7.05 Å². The first-order valence-corrected chi connectivity index (χ1v) is 6.27. The summed E-state index contributed by atoms with van der Waals surface area (Å²) in [4.78, 5) is 22.9. The lowest BCUT2D eigenvalue weighted by atomic mass is 9.74. The Morgan fingerprint density at radius 2 is 2.22 bits per heavy atom. The van der Waals surface area contributed by atoms with Gasteiger partial charge >= 0.3 is 5.97 Å². The molecule has 1 fully saturated rings. The number of carbonyl (C=O) groups is 2. The molecule has 0 aromatic rings. The molecule has 0 aromatic heterocycles. The molecule has 1 aliphatic rings. The van der Waals surface area contributed by atoms with E-state index >= 15 is 0 Å². The second-order valence-corrected chi connectivity index (χ2v) is 5.09. The summed E-state index contributed by atoms with van der Waals surface area (Å²) >= 11 is 0. The molecule has 0 saturated heterocycles. The number of carbonyl (C=O) groups excluding carboxylic acids is 2. The SMILES string of the molecule is CNC(CC1CCCC(N)(C(=O)OC)C1)C(N)=O. The number of likely N-dealkylation sites (N-methyl/N-ethyl adjacent to an activating group) is 1. The van der Waals surface area contributed by atoms with Gasteiger partial charge in [0.25, 0.3) is 0 Å². The van der Waals surface area contributed by atoms with Crippen molar-refractivity contribution in [3.8, 4) is 0 Å². The van der Waals surface area contributed by atoms with Gasteiger partial charge in [0.2, 0.25) is 5.91 Å². The van der Waals surface area contributed by atoms with Crippen LogP contribution in [0.1, 0.15) is 32.1 Å². The molecule has 1 aliphatic carbocycles. The molecule has 6 nitrogen and oxygen atoms in total. The second-order valence-electron chi connectivity index (χ2n) is 5.09. The molecule has 1 amide bonds. The maximum atomic E-state index is 11.7. The van der Waals surface area contributed by atoms with Gasteiger partial charge in [-0.05, 0) is 32.2 Å². The maximum Gasteiger partial charge on any atom is 0.325 e. The smallest absolute Gasteiger partial charge is 0.325 e. The van der Waals surface area contributed by atoms with Gasteiger partial charge in [0.1, 0.15) is 5.54 Å². The van der Waals surface area contributed by atoms with Gasteiger partial charge in [-0.15, -0.1) is 0 Å². The Morgan fingerprint density at radius 1 is 1.56 bits per heavy atom. The average Bonchev–Trinajstić information content (AvgIpc) is 2.34. The molecule has 1 saturated carbocycles. The first kappa shape index (κ1) is 14.9. The van der Waals surface area contributed by atoms with E-state index in [2.05, 4.69) is 5.32 Å². The van der Waals surface area contributed by atoms with E-state index < -0.39 is 5.54 Å². The lowest BCUT2D eigenvalue weighted by molar-refractivity contribution is -0.149. The van der Waals surface area contributed by atoms with Crippen molar-refractivity contribution >= 4 is 11.9 Å². The zero-order valence-corrected chi connectivity index (χ0v) is 11.1. The van der Waals surface area contributed by atoms with E-state index in [1.165, 1.54) is 7.11 Å². The summed E-state index contributed by atoms with van der Waals surface area (Å²) in [6.07, 6.45) is 3.62. The zero-order valence-electron chi connectivity index (χ0n) is 11.1. The van der Waals surface area contributed by atoms with Crippen molar-refractivity contribution in [3.05, 3.63) is 0 Å². The van der Waals surface area contributed by atoms with Crippen LogP contribution in [0.3, 0.4) is 0 Å². The monoisotopic (exact) mass is 257 g/mol. The second kappa shape index (κ2) is 6.15. The number of rotatable bonds is 5. The van der Waals surface area contributed by atoms with Crippen molar-refractivity contribution in [1.82, 2.24) is 5.32 Å². The van der Waals surface area contributed by atoms with Crippen LogP contribution in [0.2, 0.25) is 0 Å². The number of ether oxygens (including phenoxy) is 1. The molecule has 6 heteroatoms. The number of amides is 1. The van der Waals surface area contributed by atoms with Gasteiger partial charge in [-0.1, -0.05) is 12.8 Å². The minimum Gasteiger partial charge on any atom is -0.468 e. The van der Waals surface area contributed by atoms with Gasteiger partial charge < -0.3 is 21.5 Å². The van der Waals surface area contributed by atoms with Gasteiger partial charge in [0.15, 0.2) is 0 Å². The average molecular weight is 257 g/mol. The maximum absolute atomic E-state index is 11.7. The summed E-state index contributed by atoms with van der Waals surface area (Å²) in [5.41, 5.74) is 10.5. The van der Waals surface area contributed by atoms with Gasteiger partial charge in [0.05, 0.1) is 13.2 Å². The standard InChI is InChI=1S/C12H23N3O3/c1-15-9(10(13)16)6-8-4-3-5-12(14,7-8)11(17)18-2/h8-9,15H,3-7,14H2,1-2H3,(H2,13,16). The Balaban J connectivity index is 2.63. The number of hydrogen-bond acceptors (Lipinski definition) is 5. The van der Waals surface area contributed by atoms with Crippen LogP contribution in [-0.2, 0) is 14.3 Å². The van der Waals surface area contributed by atoms with Gasteiger partial charge in [-0.25, -0.2) is 0 Å². The minimum atomic E-state index is -0.909. The number of nitrogens with two attached hydrogens (primary N) is 2. The van der Waals surface area contributed by atoms with Crippen LogP contribution in [0.4, 0.5) is 0 Å². The molecule has 0 radical (unpaired) electrons. The number of esters is 1. The predicted molar refractivity (Wildman–Crippen MR) is 67.6 cm³/mol. The summed E-state index contributed by atoms with van der Waals surface area (Å²) in [7, 11) is 3.05. The first-order chi connectivity index (χ1) is 8.42. The molecular weight excluding hydrogens is 234 g/mol. The summed E-state index contributed by atoms with van der Waals surface area (Å²) in [6.45, 7) is 0. The van der Waals surface area contributed by atoms with E-state index in [9.17, 15) is 9.59 Å². The van der Waals surface area contributed by atoms with Crippen LogP contribution < -0.4 is 16.8 Å². The molecule has 3 atom stereocenters. The number of hydrogen-bond donors (Lipinski definition) is 3. The van der Waals surface area contributed by atoms with Crippen LogP contribution in [0.25, 0.3) is 0 Å². The fourth-order valence-electron chi connectivity index (χ4n) is 2.72. The Bertz CT molecular complexity index is 322. The third-order valence-electron chi connectivity index (χ3n) is 3.74. The van der Waals surface area contributed by atoms with E-state index in [4.69, 9.17) is 16.2 Å². The molecule has 104 valence electrons. The molecular formula is C12H23N3O3. The van der Waals surface area contributed by atoms with E-state index in [0.29, 0.717) is 19.3 Å². The highest BCUT2D eigenvalue weighted by Gasteiger charge is 2.40. The van der Waals surface area contributed by atoms with Crippen molar-refractivity contribution in [2.24, 2.45) is 17.4 Å². The van der Waals surface area contributed by atoms with Crippen molar-refractivity contribution in [1.29, 1.82) is 0 Å². The Hall–Kier alpha value is -1.14. The van der Waals surface area contributed by atoms with E-state index in [0.717, 1.165) is 12.8 Å². The largest absolute Gasteiger partial charge is 0.468 e. The third-order valence-corrected chi connectivity index (χ3v) is 3.74. The highest BCUT2D eigenvalue weighted by Crippen LogP contribution is 2.34. The van der Waals surface area contributed by atoms with Gasteiger partial charge in [-0.3, -0.25) is 9.59 Å². The quantitative estimate of drug-likeness (QED) is 0.576. The number of methoxy groups -OCH3 is 1. The van der Waals surface area contributed by atoms with Crippen LogP contribution >= 0.6 is 0 Å². The molecule has 0 aromatic carbocycles. The van der Waals surface area contributed by atoms with Gasteiger partial charge in [0, 0.05) is 0 Å². The lowest BCUT2D eigenvalue weighted by Crippen LogP contribution is -2.53. The fourth-order valence-corrected chi connectivity index (χ4v) is 2.72. The fraction of sp³-hybridized carbons (Fsp3) is 0.833. The number of nitrogens with one attached hydrogen (secondary N) is 1. The molecule has 0 aliphatic heterocycles. The highest BCUT2D eigenvalue weighted by molar-refractivity contribution is 5.81. The van der Waals surface area contributed by atoms with E-state index in [1.807, 2.05) is 0 Å². The summed E-state index contributed by atoms with van der Waals surface area (Å²) in [5.74, 6) is -0.524. The van der Waals surface area contributed by atoms with Crippen molar-refractivity contribution in [3.63, 3.8) is 0 Å². The summed E-state index contributed by atoms with van der Waals surface area (Å²) < 4.78 is 4.75. The molecule has 0 spiro atoms. The lowest BCUT2D eigenvalue weighted by Gasteiger charge is -2.36.